The van der Waals surface area contributed by atoms with Crippen LogP contribution in [0.25, 0.3) is 0 Å². The highest BCUT2D eigenvalue weighted by Crippen LogP contribution is 2.10. The molecule has 0 amide bonds. The van der Waals surface area contributed by atoms with Gasteiger partial charge in [0.25, 0.3) is 0 Å². The molecule has 0 saturated heterocycles. The van der Waals surface area contributed by atoms with Crippen LogP contribution in [-0.2, 0) is 0 Å². The van der Waals surface area contributed by atoms with Crippen LogP contribution in [0.5, 0.6) is 0 Å². The van der Waals surface area contributed by atoms with Crippen LogP contribution in [0.4, 0.5) is 0 Å². The van der Waals surface area contributed by atoms with E-state index in [1.807, 2.05) is 0 Å². The third-order valence-corrected chi connectivity index (χ3v) is 1.65. The van der Waals surface area contributed by atoms with Gasteiger partial charge < -0.3 is 0 Å². The molecule has 1 radical (unpaired) electrons. The zero-order valence-electron chi connectivity index (χ0n) is 7.26. The molecule has 0 aromatic heterocycles. The molecule has 14 heavy (non-hydrogen) atoms. The number of rotatable bonds is 2. The summed E-state index contributed by atoms with van der Waals surface area (Å²) in [5, 5.41) is 42.9. The van der Waals surface area contributed by atoms with E-state index in [1.165, 1.54) is 25.3 Å². The summed E-state index contributed by atoms with van der Waals surface area (Å²) in [5.41, 5.74) is -2.09. The number of nitriles is 5. The molecule has 6 heteroatoms. The molecule has 0 bridgehead atoms. The maximum atomic E-state index is 8.63. The van der Waals surface area contributed by atoms with Gasteiger partial charge in [0.15, 0.2) is 18.2 Å². The molecule has 0 aliphatic rings. The van der Waals surface area contributed by atoms with Crippen molar-refractivity contribution in [1.29, 1.82) is 26.3 Å². The van der Waals surface area contributed by atoms with Crippen LogP contribution >= 0.6 is 0 Å². The van der Waals surface area contributed by atoms with Gasteiger partial charge >= 0.3 is 11.6 Å². The van der Waals surface area contributed by atoms with Crippen molar-refractivity contribution in [1.82, 2.24) is 4.90 Å². The molecule has 0 N–H and O–H groups in total. The lowest BCUT2D eigenvalue weighted by atomic mass is 10.0. The summed E-state index contributed by atoms with van der Waals surface area (Å²) in [6, 6.07) is 6.24. The van der Waals surface area contributed by atoms with E-state index in [-0.39, 0.29) is 0 Å². The predicted molar refractivity (Wildman–Crippen MR) is 42.6 cm³/mol. The molecular weight excluding hydrogens is 180 g/mol. The van der Waals surface area contributed by atoms with Gasteiger partial charge in [-0.1, -0.05) is 0 Å². The molecule has 0 aliphatic heterocycles. The average molecular weight is 184 g/mol. The van der Waals surface area contributed by atoms with Crippen molar-refractivity contribution in [2.75, 3.05) is 7.05 Å². The second kappa shape index (κ2) is 4.44. The summed E-state index contributed by atoms with van der Waals surface area (Å²) in [4.78, 5) is 0.826. The van der Waals surface area contributed by atoms with Gasteiger partial charge in [-0.05, 0) is 0 Å². The van der Waals surface area contributed by atoms with E-state index in [9.17, 15) is 0 Å². The lowest BCUT2D eigenvalue weighted by Gasteiger charge is -2.12. The average Bonchev–Trinajstić information content (AvgIpc) is 2.23. The highest BCUT2D eigenvalue weighted by Gasteiger charge is 2.49. The van der Waals surface area contributed by atoms with Gasteiger partial charge in [0.1, 0.15) is 19.2 Å². The minimum Gasteiger partial charge on any atom is -0.190 e. The lowest BCUT2D eigenvalue weighted by molar-refractivity contribution is 0.407. The van der Waals surface area contributed by atoms with E-state index < -0.39 is 11.6 Å². The van der Waals surface area contributed by atoms with Crippen molar-refractivity contribution in [2.24, 2.45) is 0 Å². The first kappa shape index (κ1) is 11.4. The Morgan fingerprint density at radius 3 is 1.50 bits per heavy atom. The summed E-state index contributed by atoms with van der Waals surface area (Å²) >= 11 is 0. The summed E-state index contributed by atoms with van der Waals surface area (Å²) in [6.45, 7) is 0. The Hall–Kier alpha value is -2.59. The van der Waals surface area contributed by atoms with E-state index >= 15 is 0 Å². The van der Waals surface area contributed by atoms with Crippen LogP contribution < -0.4 is 4.90 Å². The highest BCUT2D eigenvalue weighted by atomic mass is 15.2. The molecule has 0 saturated carbocycles. The van der Waals surface area contributed by atoms with Crippen LogP contribution in [0.3, 0.4) is 0 Å². The van der Waals surface area contributed by atoms with Crippen molar-refractivity contribution in [3.05, 3.63) is 0 Å². The van der Waals surface area contributed by atoms with Gasteiger partial charge in [0.05, 0.1) is 0 Å². The second-order valence-electron chi connectivity index (χ2n) is 2.32. The van der Waals surface area contributed by atoms with Crippen LogP contribution in [0.1, 0.15) is 0 Å². The Bertz CT molecular complexity index is 367. The molecule has 0 unspecified atom stereocenters. The fourth-order valence-electron chi connectivity index (χ4n) is 0.707. The van der Waals surface area contributed by atoms with Gasteiger partial charge in [-0.2, -0.15) is 26.3 Å². The third kappa shape index (κ3) is 1.60. The lowest BCUT2D eigenvalue weighted by Crippen LogP contribution is -2.52. The summed E-state index contributed by atoms with van der Waals surface area (Å²) in [5.74, 6) is 0. The Labute approximate surface area is 81.0 Å². The van der Waals surface area contributed by atoms with E-state index in [0.717, 1.165) is 4.90 Å². The molecule has 0 rings (SSSR count). The third-order valence-electron chi connectivity index (χ3n) is 1.65. The van der Waals surface area contributed by atoms with Crippen molar-refractivity contribution < 1.29 is 0 Å². The first-order chi connectivity index (χ1) is 6.61. The molecule has 0 aromatic carbocycles. The van der Waals surface area contributed by atoms with Gasteiger partial charge in [0.2, 0.25) is 0 Å². The first-order valence-corrected chi connectivity index (χ1v) is 3.37. The SMILES string of the molecule is C[N+](C(C#N)C#N)C(C#N)(C#N)C#N. The molecule has 0 heterocycles. The zero-order valence-corrected chi connectivity index (χ0v) is 7.26. The standard InChI is InChI=1S/C8H4N6/c1-14(7(2-9)3-10)8(4-11,5-12)6-13/h7H,1H3/q+1. The molecule has 0 atom stereocenters. The van der Waals surface area contributed by atoms with Crippen molar-refractivity contribution in [3.8, 4) is 30.3 Å². The number of nitrogens with zero attached hydrogens (tertiary/aromatic N) is 6. The minimum absolute atomic E-state index is 0.826. The summed E-state index contributed by atoms with van der Waals surface area (Å²) in [7, 11) is 1.20. The molecule has 6 nitrogen and oxygen atoms in total. The van der Waals surface area contributed by atoms with Crippen LogP contribution in [0.2, 0.25) is 0 Å². The molecular formula is C8H4N6+. The van der Waals surface area contributed by atoms with Crippen LogP contribution in [0, 0.1) is 56.7 Å². The number of hydrogen-bond donors (Lipinski definition) is 0. The molecule has 0 fully saturated rings. The number of hydrogen-bond acceptors (Lipinski definition) is 6. The van der Waals surface area contributed by atoms with Crippen LogP contribution in [0.15, 0.2) is 0 Å². The fraction of sp³-hybridized carbons (Fsp3) is 0.375. The Morgan fingerprint density at radius 1 is 0.929 bits per heavy atom. The smallest absolute Gasteiger partial charge is 0.190 e. The summed E-state index contributed by atoms with van der Waals surface area (Å²) in [6.07, 6.45) is 0. The van der Waals surface area contributed by atoms with Crippen molar-refractivity contribution in [3.63, 3.8) is 0 Å². The second-order valence-corrected chi connectivity index (χ2v) is 2.32. The fourth-order valence-corrected chi connectivity index (χ4v) is 0.707. The largest absolute Gasteiger partial charge is 0.402 e. The predicted octanol–water partition coefficient (Wildman–Crippen LogP) is -0.518. The van der Waals surface area contributed by atoms with Gasteiger partial charge in [-0.25, -0.2) is 0 Å². The minimum atomic E-state index is -2.09. The van der Waals surface area contributed by atoms with Gasteiger partial charge in [-0.3, -0.25) is 0 Å². The Balaban J connectivity index is 5.27. The van der Waals surface area contributed by atoms with Crippen molar-refractivity contribution in [2.45, 2.75) is 11.6 Å². The monoisotopic (exact) mass is 184 g/mol. The van der Waals surface area contributed by atoms with E-state index in [1.54, 1.807) is 12.1 Å². The highest BCUT2D eigenvalue weighted by molar-refractivity contribution is 5.38. The molecule has 0 aliphatic carbocycles. The maximum absolute atomic E-state index is 8.63. The van der Waals surface area contributed by atoms with E-state index in [0.29, 0.717) is 0 Å². The normalized spacial score (nSPS) is 9.29. The first-order valence-electron chi connectivity index (χ1n) is 3.37. The Morgan fingerprint density at radius 2 is 1.29 bits per heavy atom. The van der Waals surface area contributed by atoms with Crippen LogP contribution in [-0.4, -0.2) is 18.6 Å². The van der Waals surface area contributed by atoms with E-state index in [4.69, 9.17) is 26.3 Å². The molecule has 0 aromatic rings. The zero-order chi connectivity index (χ0) is 11.2. The summed E-state index contributed by atoms with van der Waals surface area (Å²) < 4.78 is 0. The Kier molecular flexibility index (Phi) is 3.62. The van der Waals surface area contributed by atoms with Crippen molar-refractivity contribution >= 4 is 0 Å². The topological polar surface area (TPSA) is 125 Å². The maximum Gasteiger partial charge on any atom is 0.402 e. The van der Waals surface area contributed by atoms with E-state index in [2.05, 4.69) is 0 Å². The molecule has 0 spiro atoms. The van der Waals surface area contributed by atoms with Gasteiger partial charge in [0, 0.05) is 0 Å². The molecule has 65 valence electrons. The van der Waals surface area contributed by atoms with Gasteiger partial charge in [-0.15, -0.1) is 4.90 Å². The quantitative estimate of drug-likeness (QED) is 0.534.